The molecule has 2 N–H and O–H groups in total. The molecule has 0 unspecified atom stereocenters. The molecule has 16 heavy (non-hydrogen) atoms. The standard InChI is InChI=1S/C12H13NO3/c1-9-2-4-10(5-3-9)8-13-11(14)6-7-12(15)16/h2-7H,8H2,1H3,(H,13,14)(H,15,16). The highest BCUT2D eigenvalue weighted by atomic mass is 16.4. The molecule has 0 heterocycles. The highest BCUT2D eigenvalue weighted by Crippen LogP contribution is 2.02. The van der Waals surface area contributed by atoms with Crippen LogP contribution >= 0.6 is 0 Å². The minimum Gasteiger partial charge on any atom is -0.478 e. The minimum absolute atomic E-state index is 0.392. The van der Waals surface area contributed by atoms with Crippen molar-refractivity contribution >= 4 is 11.9 Å². The van der Waals surface area contributed by atoms with Gasteiger partial charge in [0.15, 0.2) is 0 Å². The van der Waals surface area contributed by atoms with E-state index in [4.69, 9.17) is 5.11 Å². The van der Waals surface area contributed by atoms with Crippen molar-refractivity contribution in [3.05, 3.63) is 47.5 Å². The van der Waals surface area contributed by atoms with Crippen molar-refractivity contribution in [3.8, 4) is 0 Å². The van der Waals surface area contributed by atoms with E-state index in [-0.39, 0.29) is 0 Å². The third-order valence-electron chi connectivity index (χ3n) is 1.96. The van der Waals surface area contributed by atoms with Gasteiger partial charge in [-0.05, 0) is 12.5 Å². The summed E-state index contributed by atoms with van der Waals surface area (Å²) in [5.74, 6) is -1.55. The Bertz CT molecular complexity index is 407. The van der Waals surface area contributed by atoms with Crippen molar-refractivity contribution in [2.24, 2.45) is 0 Å². The molecule has 0 aromatic heterocycles. The lowest BCUT2D eigenvalue weighted by Crippen LogP contribution is -2.20. The lowest BCUT2D eigenvalue weighted by molar-refractivity contribution is -0.131. The Morgan fingerprint density at radius 1 is 1.25 bits per heavy atom. The van der Waals surface area contributed by atoms with Gasteiger partial charge >= 0.3 is 5.97 Å². The SMILES string of the molecule is Cc1ccc(CNC(=O)C=CC(=O)O)cc1. The Balaban J connectivity index is 2.43. The van der Waals surface area contributed by atoms with Gasteiger partial charge in [-0.15, -0.1) is 0 Å². The number of hydrogen-bond acceptors (Lipinski definition) is 2. The summed E-state index contributed by atoms with van der Waals surface area (Å²) in [6.07, 6.45) is 1.81. The van der Waals surface area contributed by atoms with Gasteiger partial charge in [-0.2, -0.15) is 0 Å². The molecule has 0 spiro atoms. The van der Waals surface area contributed by atoms with Crippen LogP contribution in [-0.4, -0.2) is 17.0 Å². The number of nitrogens with one attached hydrogen (secondary N) is 1. The van der Waals surface area contributed by atoms with E-state index in [1.54, 1.807) is 0 Å². The fourth-order valence-corrected chi connectivity index (χ4v) is 1.10. The van der Waals surface area contributed by atoms with E-state index in [1.165, 1.54) is 0 Å². The summed E-state index contributed by atoms with van der Waals surface area (Å²) in [6.45, 7) is 2.38. The Hall–Kier alpha value is -2.10. The molecule has 0 aliphatic carbocycles. The first-order chi connectivity index (χ1) is 7.58. The highest BCUT2D eigenvalue weighted by Gasteiger charge is 1.97. The van der Waals surface area contributed by atoms with Crippen LogP contribution in [0, 0.1) is 6.92 Å². The van der Waals surface area contributed by atoms with Gasteiger partial charge < -0.3 is 10.4 Å². The van der Waals surface area contributed by atoms with E-state index < -0.39 is 11.9 Å². The summed E-state index contributed by atoms with van der Waals surface area (Å²) in [5, 5.41) is 10.9. The van der Waals surface area contributed by atoms with Crippen LogP contribution in [0.4, 0.5) is 0 Å². The first-order valence-corrected chi connectivity index (χ1v) is 4.82. The zero-order valence-electron chi connectivity index (χ0n) is 8.93. The molecule has 1 amide bonds. The minimum atomic E-state index is -1.13. The van der Waals surface area contributed by atoms with E-state index in [0.29, 0.717) is 6.54 Å². The average Bonchev–Trinajstić information content (AvgIpc) is 2.25. The molecule has 4 nitrogen and oxygen atoms in total. The number of amides is 1. The number of carboxylic acid groups (broad SMARTS) is 1. The van der Waals surface area contributed by atoms with Crippen LogP contribution in [-0.2, 0) is 16.1 Å². The van der Waals surface area contributed by atoms with Crippen molar-refractivity contribution < 1.29 is 14.7 Å². The molecule has 1 aromatic rings. The summed E-state index contributed by atoms with van der Waals surface area (Å²) in [6, 6.07) is 7.73. The molecule has 0 radical (unpaired) electrons. The molecule has 0 atom stereocenters. The first kappa shape index (κ1) is 12.0. The highest BCUT2D eigenvalue weighted by molar-refractivity contribution is 5.93. The second kappa shape index (κ2) is 5.70. The van der Waals surface area contributed by atoms with E-state index in [0.717, 1.165) is 23.3 Å². The van der Waals surface area contributed by atoms with Gasteiger partial charge in [0.1, 0.15) is 0 Å². The van der Waals surface area contributed by atoms with Crippen LogP contribution in [0.5, 0.6) is 0 Å². The Morgan fingerprint density at radius 3 is 2.44 bits per heavy atom. The first-order valence-electron chi connectivity index (χ1n) is 4.82. The average molecular weight is 219 g/mol. The van der Waals surface area contributed by atoms with E-state index >= 15 is 0 Å². The third-order valence-corrected chi connectivity index (χ3v) is 1.96. The van der Waals surface area contributed by atoms with Crippen molar-refractivity contribution in [2.75, 3.05) is 0 Å². The predicted octanol–water partition coefficient (Wildman–Crippen LogP) is 1.25. The zero-order chi connectivity index (χ0) is 12.0. The second-order valence-corrected chi connectivity index (χ2v) is 3.37. The van der Waals surface area contributed by atoms with Crippen LogP contribution in [0.2, 0.25) is 0 Å². The maximum Gasteiger partial charge on any atom is 0.328 e. The molecule has 84 valence electrons. The maximum atomic E-state index is 11.1. The summed E-state index contributed by atoms with van der Waals surface area (Å²) < 4.78 is 0. The fraction of sp³-hybridized carbons (Fsp3) is 0.167. The van der Waals surface area contributed by atoms with Gasteiger partial charge in [0.25, 0.3) is 0 Å². The number of hydrogen-bond donors (Lipinski definition) is 2. The van der Waals surface area contributed by atoms with Crippen molar-refractivity contribution in [1.82, 2.24) is 5.32 Å². The van der Waals surface area contributed by atoms with Gasteiger partial charge in [0, 0.05) is 18.7 Å². The molecule has 0 aliphatic heterocycles. The van der Waals surface area contributed by atoms with Gasteiger partial charge in [-0.1, -0.05) is 29.8 Å². The zero-order valence-corrected chi connectivity index (χ0v) is 8.93. The number of carbonyl (C=O) groups is 2. The van der Waals surface area contributed by atoms with Gasteiger partial charge in [0.05, 0.1) is 0 Å². The van der Waals surface area contributed by atoms with Crippen molar-refractivity contribution in [2.45, 2.75) is 13.5 Å². The van der Waals surface area contributed by atoms with Crippen molar-refractivity contribution in [1.29, 1.82) is 0 Å². The molecule has 0 aliphatic rings. The van der Waals surface area contributed by atoms with Gasteiger partial charge in [-0.3, -0.25) is 4.79 Å². The fourth-order valence-electron chi connectivity index (χ4n) is 1.10. The van der Waals surface area contributed by atoms with Crippen LogP contribution in [0.15, 0.2) is 36.4 Å². The number of aliphatic carboxylic acids is 1. The topological polar surface area (TPSA) is 66.4 Å². The number of rotatable bonds is 4. The smallest absolute Gasteiger partial charge is 0.328 e. The summed E-state index contributed by atoms with van der Waals surface area (Å²) in [5.41, 5.74) is 2.13. The quantitative estimate of drug-likeness (QED) is 0.749. The number of carboxylic acids is 1. The molecule has 1 rings (SSSR count). The summed E-state index contributed by atoms with van der Waals surface area (Å²) in [4.78, 5) is 21.3. The molecule has 0 saturated carbocycles. The lowest BCUT2D eigenvalue weighted by atomic mass is 10.1. The van der Waals surface area contributed by atoms with E-state index in [1.807, 2.05) is 31.2 Å². The number of carbonyl (C=O) groups excluding carboxylic acids is 1. The Kier molecular flexibility index (Phi) is 4.27. The van der Waals surface area contributed by atoms with Gasteiger partial charge in [-0.25, -0.2) is 4.79 Å². The molecule has 0 fully saturated rings. The molecule has 4 heteroatoms. The Labute approximate surface area is 93.6 Å². The lowest BCUT2D eigenvalue weighted by Gasteiger charge is -2.02. The van der Waals surface area contributed by atoms with E-state index in [9.17, 15) is 9.59 Å². The summed E-state index contributed by atoms with van der Waals surface area (Å²) >= 11 is 0. The number of aryl methyl sites for hydroxylation is 1. The maximum absolute atomic E-state index is 11.1. The Morgan fingerprint density at radius 2 is 1.88 bits per heavy atom. The van der Waals surface area contributed by atoms with Crippen LogP contribution in [0.1, 0.15) is 11.1 Å². The van der Waals surface area contributed by atoms with Crippen molar-refractivity contribution in [3.63, 3.8) is 0 Å². The summed E-state index contributed by atoms with van der Waals surface area (Å²) in [7, 11) is 0. The largest absolute Gasteiger partial charge is 0.478 e. The normalized spacial score (nSPS) is 10.3. The number of benzene rings is 1. The van der Waals surface area contributed by atoms with Crippen LogP contribution in [0.3, 0.4) is 0 Å². The molecular weight excluding hydrogens is 206 g/mol. The monoisotopic (exact) mass is 219 g/mol. The third kappa shape index (κ3) is 4.41. The molecule has 1 aromatic carbocycles. The predicted molar refractivity (Wildman–Crippen MR) is 59.8 cm³/mol. The molecule has 0 bridgehead atoms. The molecular formula is C12H13NO3. The van der Waals surface area contributed by atoms with E-state index in [2.05, 4.69) is 5.32 Å². The second-order valence-electron chi connectivity index (χ2n) is 3.37. The van der Waals surface area contributed by atoms with Crippen LogP contribution < -0.4 is 5.32 Å². The van der Waals surface area contributed by atoms with Gasteiger partial charge in [0.2, 0.25) is 5.91 Å². The molecule has 0 saturated heterocycles. The van der Waals surface area contributed by atoms with Crippen LogP contribution in [0.25, 0.3) is 0 Å².